The van der Waals surface area contributed by atoms with Gasteiger partial charge >= 0.3 is 0 Å². The zero-order chi connectivity index (χ0) is 21.1. The highest BCUT2D eigenvalue weighted by Gasteiger charge is 2.15. The average Bonchev–Trinajstić information content (AvgIpc) is 2.62. The summed E-state index contributed by atoms with van der Waals surface area (Å²) in [4.78, 5) is 16.9. The van der Waals surface area contributed by atoms with Gasteiger partial charge in [-0.3, -0.25) is 9.97 Å². The van der Waals surface area contributed by atoms with Crippen LogP contribution in [0.1, 0.15) is 17.0 Å². The standard InChI is InChI=1S/C23H32N4S2/c1-15-12-20(28-10-8-26(4)5)18-14-19-21(29-11-9-27(6)7)13-16(2)25-23(19)17(3)22(18)24-15/h12-14H,8-11H2,1-7H3. The molecule has 0 aliphatic heterocycles. The van der Waals surface area contributed by atoms with Crippen molar-refractivity contribution in [3.05, 3.63) is 35.2 Å². The number of rotatable bonds is 8. The van der Waals surface area contributed by atoms with Crippen LogP contribution in [-0.2, 0) is 0 Å². The lowest BCUT2D eigenvalue weighted by molar-refractivity contribution is 0.437. The second kappa shape index (κ2) is 9.65. The molecule has 0 saturated carbocycles. The van der Waals surface area contributed by atoms with Gasteiger partial charge < -0.3 is 9.80 Å². The Kier molecular flexibility index (Phi) is 7.43. The van der Waals surface area contributed by atoms with Crippen molar-refractivity contribution in [3.8, 4) is 0 Å². The maximum absolute atomic E-state index is 4.90. The number of aryl methyl sites for hydroxylation is 3. The third-order valence-electron chi connectivity index (χ3n) is 4.89. The summed E-state index contributed by atoms with van der Waals surface area (Å²) in [6, 6.07) is 6.79. The first kappa shape index (κ1) is 22.3. The molecule has 0 bridgehead atoms. The van der Waals surface area contributed by atoms with E-state index in [1.54, 1.807) is 0 Å². The molecule has 0 N–H and O–H groups in total. The van der Waals surface area contributed by atoms with Crippen molar-refractivity contribution in [2.75, 3.05) is 52.8 Å². The summed E-state index contributed by atoms with van der Waals surface area (Å²) in [5.74, 6) is 2.14. The van der Waals surface area contributed by atoms with E-state index in [1.165, 1.54) is 26.1 Å². The zero-order valence-corrected chi connectivity index (χ0v) is 20.3. The van der Waals surface area contributed by atoms with Crippen LogP contribution >= 0.6 is 23.5 Å². The van der Waals surface area contributed by atoms with Gasteiger partial charge in [0.1, 0.15) is 0 Å². The lowest BCUT2D eigenvalue weighted by Gasteiger charge is -2.16. The van der Waals surface area contributed by atoms with Gasteiger partial charge in [-0.05, 0) is 67.2 Å². The first-order chi connectivity index (χ1) is 13.8. The second-order valence-corrected chi connectivity index (χ2v) is 10.4. The molecule has 0 amide bonds. The third kappa shape index (κ3) is 5.43. The molecule has 2 aromatic heterocycles. The molecule has 0 radical (unpaired) electrons. The van der Waals surface area contributed by atoms with Crippen LogP contribution in [0.5, 0.6) is 0 Å². The van der Waals surface area contributed by atoms with Crippen molar-refractivity contribution in [2.24, 2.45) is 0 Å². The fourth-order valence-electron chi connectivity index (χ4n) is 3.33. The van der Waals surface area contributed by atoms with Gasteiger partial charge in [-0.2, -0.15) is 0 Å². The fourth-order valence-corrected chi connectivity index (χ4v) is 5.81. The predicted octanol–water partition coefficient (Wildman–Crippen LogP) is 5.02. The largest absolute Gasteiger partial charge is 0.309 e. The number of thioether (sulfide) groups is 2. The Labute approximate surface area is 183 Å². The Morgan fingerprint density at radius 2 is 1.10 bits per heavy atom. The fraction of sp³-hybridized carbons (Fsp3) is 0.478. The van der Waals surface area contributed by atoms with E-state index in [0.717, 1.165) is 47.0 Å². The van der Waals surface area contributed by atoms with Crippen molar-refractivity contribution in [3.63, 3.8) is 0 Å². The summed E-state index contributed by atoms with van der Waals surface area (Å²) in [7, 11) is 8.50. The van der Waals surface area contributed by atoms with Crippen molar-refractivity contribution in [2.45, 2.75) is 30.6 Å². The van der Waals surface area contributed by atoms with E-state index < -0.39 is 0 Å². The number of hydrogen-bond donors (Lipinski definition) is 0. The van der Waals surface area contributed by atoms with Gasteiger partial charge in [-0.15, -0.1) is 23.5 Å². The number of fused-ring (bicyclic) bond motifs is 2. The van der Waals surface area contributed by atoms with E-state index in [4.69, 9.17) is 9.97 Å². The molecule has 3 aromatic rings. The molecule has 6 heteroatoms. The summed E-state index contributed by atoms with van der Waals surface area (Å²) < 4.78 is 0. The number of nitrogens with zero attached hydrogens (tertiary/aromatic N) is 4. The number of hydrogen-bond acceptors (Lipinski definition) is 6. The summed E-state index contributed by atoms with van der Waals surface area (Å²) in [6.45, 7) is 8.47. The highest BCUT2D eigenvalue weighted by Crippen LogP contribution is 2.37. The molecule has 156 valence electrons. The number of aromatic nitrogens is 2. The van der Waals surface area contributed by atoms with Crippen molar-refractivity contribution >= 4 is 45.3 Å². The molecular weight excluding hydrogens is 396 g/mol. The van der Waals surface area contributed by atoms with Gasteiger partial charge in [0.2, 0.25) is 0 Å². The van der Waals surface area contributed by atoms with Crippen LogP contribution in [0.2, 0.25) is 0 Å². The highest BCUT2D eigenvalue weighted by molar-refractivity contribution is 7.99. The van der Waals surface area contributed by atoms with Crippen molar-refractivity contribution < 1.29 is 0 Å². The van der Waals surface area contributed by atoms with E-state index in [-0.39, 0.29) is 0 Å². The number of benzene rings is 1. The summed E-state index contributed by atoms with van der Waals surface area (Å²) >= 11 is 3.85. The minimum absolute atomic E-state index is 1.06. The molecule has 0 spiro atoms. The second-order valence-electron chi connectivity index (χ2n) is 8.12. The van der Waals surface area contributed by atoms with Gasteiger partial charge in [0.15, 0.2) is 0 Å². The molecule has 0 fully saturated rings. The van der Waals surface area contributed by atoms with Crippen molar-refractivity contribution in [1.29, 1.82) is 0 Å². The molecule has 0 saturated heterocycles. The van der Waals surface area contributed by atoms with E-state index >= 15 is 0 Å². The molecular formula is C23H32N4S2. The summed E-state index contributed by atoms with van der Waals surface area (Å²) in [5.41, 5.74) is 5.51. The molecule has 2 heterocycles. The van der Waals surface area contributed by atoms with E-state index in [2.05, 4.69) is 77.0 Å². The van der Waals surface area contributed by atoms with E-state index in [1.807, 2.05) is 23.5 Å². The molecule has 3 rings (SSSR count). The van der Waals surface area contributed by atoms with E-state index in [9.17, 15) is 0 Å². The molecule has 0 aliphatic rings. The first-order valence-corrected chi connectivity index (χ1v) is 12.0. The van der Waals surface area contributed by atoms with Crippen LogP contribution in [0.25, 0.3) is 21.8 Å². The SMILES string of the molecule is Cc1cc(SCCN(C)C)c2cc3c(SCCN(C)C)cc(C)nc3c(C)c2n1. The van der Waals surface area contributed by atoms with Crippen LogP contribution in [0.15, 0.2) is 28.0 Å². The maximum atomic E-state index is 4.90. The third-order valence-corrected chi connectivity index (χ3v) is 6.96. The van der Waals surface area contributed by atoms with Crippen LogP contribution in [0.4, 0.5) is 0 Å². The molecule has 0 unspecified atom stereocenters. The predicted molar refractivity (Wildman–Crippen MR) is 130 cm³/mol. The molecule has 0 atom stereocenters. The Morgan fingerprint density at radius 3 is 1.48 bits per heavy atom. The lowest BCUT2D eigenvalue weighted by Crippen LogP contribution is -2.14. The van der Waals surface area contributed by atoms with Gasteiger partial charge in [0.05, 0.1) is 11.0 Å². The molecule has 1 aromatic carbocycles. The minimum Gasteiger partial charge on any atom is -0.309 e. The molecule has 29 heavy (non-hydrogen) atoms. The monoisotopic (exact) mass is 428 g/mol. The Hall–Kier alpha value is -1.34. The summed E-state index contributed by atoms with van der Waals surface area (Å²) in [6.07, 6.45) is 0. The molecule has 0 aliphatic carbocycles. The first-order valence-electron chi connectivity index (χ1n) is 10.0. The van der Waals surface area contributed by atoms with Crippen LogP contribution in [0, 0.1) is 20.8 Å². The topological polar surface area (TPSA) is 32.3 Å². The lowest BCUT2D eigenvalue weighted by atomic mass is 10.0. The number of pyridine rings is 2. The van der Waals surface area contributed by atoms with Gasteiger partial charge in [-0.25, -0.2) is 0 Å². The minimum atomic E-state index is 1.06. The smallest absolute Gasteiger partial charge is 0.0767 e. The average molecular weight is 429 g/mol. The van der Waals surface area contributed by atoms with Crippen molar-refractivity contribution in [1.82, 2.24) is 19.8 Å². The highest BCUT2D eigenvalue weighted by atomic mass is 32.2. The quantitative estimate of drug-likeness (QED) is 0.370. The van der Waals surface area contributed by atoms with Crippen LogP contribution < -0.4 is 0 Å². The Morgan fingerprint density at radius 1 is 0.690 bits per heavy atom. The van der Waals surface area contributed by atoms with Crippen LogP contribution in [-0.4, -0.2) is 72.6 Å². The van der Waals surface area contributed by atoms with E-state index in [0.29, 0.717) is 0 Å². The normalized spacial score (nSPS) is 12.0. The van der Waals surface area contributed by atoms with Gasteiger partial charge in [0, 0.05) is 62.1 Å². The zero-order valence-electron chi connectivity index (χ0n) is 18.7. The summed E-state index contributed by atoms with van der Waals surface area (Å²) in [5, 5.41) is 2.51. The van der Waals surface area contributed by atoms with Crippen LogP contribution in [0.3, 0.4) is 0 Å². The Balaban J connectivity index is 2.12. The Bertz CT molecular complexity index is 937. The van der Waals surface area contributed by atoms with Gasteiger partial charge in [0.25, 0.3) is 0 Å². The maximum Gasteiger partial charge on any atom is 0.0767 e. The van der Waals surface area contributed by atoms with Gasteiger partial charge in [-0.1, -0.05) is 0 Å². The molecule has 4 nitrogen and oxygen atoms in total.